The second-order valence-electron chi connectivity index (χ2n) is 6.20. The van der Waals surface area contributed by atoms with Gasteiger partial charge in [-0.05, 0) is 58.1 Å². The van der Waals surface area contributed by atoms with Crippen molar-refractivity contribution >= 4 is 52.2 Å². The van der Waals surface area contributed by atoms with Crippen LogP contribution in [0.5, 0.6) is 0 Å². The first kappa shape index (κ1) is 17.3. The number of halogens is 2. The highest BCUT2D eigenvalue weighted by Crippen LogP contribution is 2.26. The summed E-state index contributed by atoms with van der Waals surface area (Å²) in [5, 5.41) is 4.18. The topological polar surface area (TPSA) is 42.9 Å². The van der Waals surface area contributed by atoms with Crippen LogP contribution in [-0.2, 0) is 9.47 Å². The lowest BCUT2D eigenvalue weighted by Crippen LogP contribution is -2.38. The van der Waals surface area contributed by atoms with Crippen molar-refractivity contribution in [1.29, 1.82) is 0 Å². The standard InChI is InChI=1S/C15H18Cl2N2O2S/c1-14(2)8-20-12(19-14)15(3,4)21-13(22)18-11-6-9(16)5-10(17)7-11/h5-7H,8H2,1-4H3,(H,18,22). The predicted octanol–water partition coefficient (Wildman–Crippen LogP) is 4.69. The Morgan fingerprint density at radius 1 is 1.32 bits per heavy atom. The number of aliphatic imine (C=N–C) groups is 1. The molecule has 0 radical (unpaired) electrons. The smallest absolute Gasteiger partial charge is 0.262 e. The van der Waals surface area contributed by atoms with E-state index in [4.69, 9.17) is 44.9 Å². The minimum atomic E-state index is -0.764. The first-order chi connectivity index (χ1) is 10.1. The first-order valence-corrected chi connectivity index (χ1v) is 7.93. The summed E-state index contributed by atoms with van der Waals surface area (Å²) in [5.74, 6) is 0.533. The number of hydrogen-bond donors (Lipinski definition) is 1. The van der Waals surface area contributed by atoms with Gasteiger partial charge in [-0.15, -0.1) is 0 Å². The van der Waals surface area contributed by atoms with Gasteiger partial charge in [0.2, 0.25) is 5.90 Å². The Labute approximate surface area is 145 Å². The molecule has 0 bridgehead atoms. The fourth-order valence-corrected chi connectivity index (χ4v) is 2.79. The van der Waals surface area contributed by atoms with Gasteiger partial charge >= 0.3 is 0 Å². The van der Waals surface area contributed by atoms with E-state index in [1.54, 1.807) is 18.2 Å². The quantitative estimate of drug-likeness (QED) is 0.793. The number of nitrogens with zero attached hydrogens (tertiary/aromatic N) is 1. The van der Waals surface area contributed by atoms with Gasteiger partial charge < -0.3 is 14.8 Å². The minimum Gasteiger partial charge on any atom is -0.476 e. The largest absolute Gasteiger partial charge is 0.476 e. The van der Waals surface area contributed by atoms with Crippen LogP contribution < -0.4 is 5.32 Å². The molecule has 0 saturated carbocycles. The van der Waals surface area contributed by atoms with E-state index in [1.807, 2.05) is 27.7 Å². The van der Waals surface area contributed by atoms with Crippen molar-refractivity contribution < 1.29 is 9.47 Å². The summed E-state index contributed by atoms with van der Waals surface area (Å²) in [6.45, 7) is 8.23. The molecule has 1 aliphatic rings. The molecule has 1 heterocycles. The summed E-state index contributed by atoms with van der Waals surface area (Å²) in [7, 11) is 0. The van der Waals surface area contributed by atoms with Crippen LogP contribution in [0, 0.1) is 0 Å². The third-order valence-electron chi connectivity index (χ3n) is 2.94. The summed E-state index contributed by atoms with van der Waals surface area (Å²) in [4.78, 5) is 4.52. The predicted molar refractivity (Wildman–Crippen MR) is 95.3 cm³/mol. The molecule has 0 spiro atoms. The molecule has 0 fully saturated rings. The SMILES string of the molecule is CC1(C)COC(C(C)(C)OC(=S)Nc2cc(Cl)cc(Cl)c2)=N1. The van der Waals surface area contributed by atoms with Crippen molar-refractivity contribution in [3.8, 4) is 0 Å². The molecule has 0 saturated heterocycles. The Morgan fingerprint density at radius 3 is 2.41 bits per heavy atom. The maximum Gasteiger partial charge on any atom is 0.262 e. The van der Waals surface area contributed by atoms with Crippen LogP contribution in [0.3, 0.4) is 0 Å². The van der Waals surface area contributed by atoms with E-state index in [9.17, 15) is 0 Å². The van der Waals surface area contributed by atoms with Gasteiger partial charge in [-0.3, -0.25) is 0 Å². The highest BCUT2D eigenvalue weighted by molar-refractivity contribution is 7.80. The number of hydrogen-bond acceptors (Lipinski definition) is 4. The van der Waals surface area contributed by atoms with E-state index < -0.39 is 5.60 Å². The summed E-state index contributed by atoms with van der Waals surface area (Å²) in [5.41, 5.74) is -0.348. The van der Waals surface area contributed by atoms with Crippen molar-refractivity contribution in [3.63, 3.8) is 0 Å². The molecule has 1 aromatic carbocycles. The lowest BCUT2D eigenvalue weighted by atomic mass is 10.1. The maximum atomic E-state index is 5.95. The monoisotopic (exact) mass is 360 g/mol. The molecule has 1 aromatic rings. The number of rotatable bonds is 3. The number of nitrogens with one attached hydrogen (secondary N) is 1. The Morgan fingerprint density at radius 2 is 1.91 bits per heavy atom. The third-order valence-corrected chi connectivity index (χ3v) is 3.56. The highest BCUT2D eigenvalue weighted by atomic mass is 35.5. The molecule has 4 nitrogen and oxygen atoms in total. The Balaban J connectivity index is 2.05. The first-order valence-electron chi connectivity index (χ1n) is 6.77. The zero-order valence-electron chi connectivity index (χ0n) is 12.9. The number of benzene rings is 1. The summed E-state index contributed by atoms with van der Waals surface area (Å²) in [6.07, 6.45) is 0. The van der Waals surface area contributed by atoms with Crippen molar-refractivity contribution in [1.82, 2.24) is 0 Å². The van der Waals surface area contributed by atoms with Crippen LogP contribution in [0.1, 0.15) is 27.7 Å². The van der Waals surface area contributed by atoms with Crippen molar-refractivity contribution in [3.05, 3.63) is 28.2 Å². The van der Waals surface area contributed by atoms with Crippen LogP contribution in [0.2, 0.25) is 10.0 Å². The molecule has 1 N–H and O–H groups in total. The van der Waals surface area contributed by atoms with E-state index in [0.717, 1.165) is 0 Å². The van der Waals surface area contributed by atoms with Gasteiger partial charge in [0.15, 0.2) is 5.60 Å². The fourth-order valence-electron chi connectivity index (χ4n) is 1.94. The summed E-state index contributed by atoms with van der Waals surface area (Å²) < 4.78 is 11.4. The van der Waals surface area contributed by atoms with Gasteiger partial charge in [-0.25, -0.2) is 4.99 Å². The average molecular weight is 361 g/mol. The molecular formula is C15H18Cl2N2O2S. The molecule has 0 atom stereocenters. The van der Waals surface area contributed by atoms with E-state index in [1.165, 1.54) is 0 Å². The lowest BCUT2D eigenvalue weighted by Gasteiger charge is -2.25. The van der Waals surface area contributed by atoms with Gasteiger partial charge in [0.1, 0.15) is 6.61 Å². The number of ether oxygens (including phenoxy) is 2. The fraction of sp³-hybridized carbons (Fsp3) is 0.467. The molecule has 22 heavy (non-hydrogen) atoms. The molecule has 2 rings (SSSR count). The Bertz CT molecular complexity index is 610. The average Bonchev–Trinajstić information content (AvgIpc) is 2.68. The Kier molecular flexibility index (Phi) is 4.90. The molecule has 0 aliphatic carbocycles. The van der Waals surface area contributed by atoms with Crippen LogP contribution in [0.4, 0.5) is 5.69 Å². The molecule has 1 aliphatic heterocycles. The number of anilines is 1. The van der Waals surface area contributed by atoms with Crippen molar-refractivity contribution in [2.75, 3.05) is 11.9 Å². The van der Waals surface area contributed by atoms with Crippen LogP contribution >= 0.6 is 35.4 Å². The molecule has 0 amide bonds. The van der Waals surface area contributed by atoms with Crippen molar-refractivity contribution in [2.45, 2.75) is 38.8 Å². The lowest BCUT2D eigenvalue weighted by molar-refractivity contribution is 0.136. The molecule has 0 aromatic heterocycles. The minimum absolute atomic E-state index is 0.194. The molecule has 0 unspecified atom stereocenters. The van der Waals surface area contributed by atoms with Gasteiger partial charge in [0.05, 0.1) is 5.54 Å². The van der Waals surface area contributed by atoms with Gasteiger partial charge in [0.25, 0.3) is 5.17 Å². The van der Waals surface area contributed by atoms with Gasteiger partial charge in [0, 0.05) is 15.7 Å². The maximum absolute atomic E-state index is 5.95. The normalized spacial score (nSPS) is 16.7. The van der Waals surface area contributed by atoms with E-state index in [0.29, 0.717) is 28.2 Å². The van der Waals surface area contributed by atoms with Crippen LogP contribution in [0.25, 0.3) is 0 Å². The van der Waals surface area contributed by atoms with Gasteiger partial charge in [-0.1, -0.05) is 23.2 Å². The van der Waals surface area contributed by atoms with E-state index >= 15 is 0 Å². The second-order valence-corrected chi connectivity index (χ2v) is 7.44. The third kappa shape index (κ3) is 4.48. The van der Waals surface area contributed by atoms with Gasteiger partial charge in [-0.2, -0.15) is 0 Å². The van der Waals surface area contributed by atoms with Crippen LogP contribution in [-0.4, -0.2) is 28.8 Å². The molecular weight excluding hydrogens is 343 g/mol. The zero-order valence-corrected chi connectivity index (χ0v) is 15.2. The molecule has 7 heteroatoms. The van der Waals surface area contributed by atoms with E-state index in [2.05, 4.69) is 10.3 Å². The summed E-state index contributed by atoms with van der Waals surface area (Å²) in [6, 6.07) is 5.07. The van der Waals surface area contributed by atoms with Crippen molar-refractivity contribution in [2.24, 2.45) is 4.99 Å². The second kappa shape index (κ2) is 6.22. The number of thiocarbonyl (C=S) groups is 1. The Hall–Kier alpha value is -1.04. The molecule has 120 valence electrons. The summed E-state index contributed by atoms with van der Waals surface area (Å²) >= 11 is 17.1. The highest BCUT2D eigenvalue weighted by Gasteiger charge is 2.38. The zero-order chi connectivity index (χ0) is 16.5. The van der Waals surface area contributed by atoms with E-state index in [-0.39, 0.29) is 10.7 Å². The van der Waals surface area contributed by atoms with Crippen LogP contribution in [0.15, 0.2) is 23.2 Å².